The number of rotatable bonds is 1. The summed E-state index contributed by atoms with van der Waals surface area (Å²) in [7, 11) is 0. The van der Waals surface area contributed by atoms with Gasteiger partial charge in [-0.3, -0.25) is 9.59 Å². The molecule has 1 heterocycles. The number of allylic oxidation sites excluding steroid dienone is 2. The molecule has 0 aliphatic heterocycles. The van der Waals surface area contributed by atoms with E-state index in [-0.39, 0.29) is 28.4 Å². The van der Waals surface area contributed by atoms with Crippen molar-refractivity contribution in [2.75, 3.05) is 0 Å². The zero-order valence-corrected chi connectivity index (χ0v) is 11.2. The predicted molar refractivity (Wildman–Crippen MR) is 75.0 cm³/mol. The molecule has 1 aromatic heterocycles. The zero-order chi connectivity index (χ0) is 14.4. The van der Waals surface area contributed by atoms with Gasteiger partial charge >= 0.3 is 0 Å². The number of aromatic amines is 1. The van der Waals surface area contributed by atoms with Gasteiger partial charge in [0.15, 0.2) is 11.6 Å². The van der Waals surface area contributed by atoms with Gasteiger partial charge in [0.05, 0.1) is 5.56 Å². The van der Waals surface area contributed by atoms with E-state index in [1.165, 1.54) is 12.1 Å². The molecule has 20 heavy (non-hydrogen) atoms. The van der Waals surface area contributed by atoms with Crippen molar-refractivity contribution in [1.29, 1.82) is 0 Å². The summed E-state index contributed by atoms with van der Waals surface area (Å²) in [6.07, 6.45) is 1.35. The molecule has 0 amide bonds. The molecule has 2 N–H and O–H groups in total. The summed E-state index contributed by atoms with van der Waals surface area (Å²) in [5.74, 6) is -0.736. The lowest BCUT2D eigenvalue weighted by atomic mass is 9.86. The van der Waals surface area contributed by atoms with E-state index in [0.717, 1.165) is 11.4 Å². The third-order valence-corrected chi connectivity index (χ3v) is 3.49. The lowest BCUT2D eigenvalue weighted by Crippen LogP contribution is -2.16. The van der Waals surface area contributed by atoms with E-state index in [1.54, 1.807) is 12.1 Å². The van der Waals surface area contributed by atoms with Crippen molar-refractivity contribution in [1.82, 2.24) is 4.98 Å². The van der Waals surface area contributed by atoms with Gasteiger partial charge in [-0.05, 0) is 32.1 Å². The summed E-state index contributed by atoms with van der Waals surface area (Å²) in [5, 5.41) is 9.88. The molecule has 0 bridgehead atoms. The number of aromatic hydroxyl groups is 1. The van der Waals surface area contributed by atoms with Crippen LogP contribution in [0, 0.1) is 13.8 Å². The summed E-state index contributed by atoms with van der Waals surface area (Å²) in [4.78, 5) is 27.8. The quantitative estimate of drug-likeness (QED) is 0.834. The average Bonchev–Trinajstić information content (AvgIpc) is 2.72. The van der Waals surface area contributed by atoms with Crippen molar-refractivity contribution < 1.29 is 14.7 Å². The minimum atomic E-state index is -0.320. The summed E-state index contributed by atoms with van der Waals surface area (Å²) in [5.41, 5.74) is 3.12. The van der Waals surface area contributed by atoms with Crippen molar-refractivity contribution in [2.45, 2.75) is 13.8 Å². The number of fused-ring (bicyclic) bond motifs is 1. The van der Waals surface area contributed by atoms with Crippen LogP contribution in [-0.2, 0) is 0 Å². The van der Waals surface area contributed by atoms with E-state index < -0.39 is 0 Å². The normalized spacial score (nSPS) is 14.2. The van der Waals surface area contributed by atoms with Crippen LogP contribution in [-0.4, -0.2) is 21.7 Å². The first-order chi connectivity index (χ1) is 9.49. The number of carbonyl (C=O) groups is 2. The smallest absolute Gasteiger partial charge is 0.198 e. The Bertz CT molecular complexity index is 781. The molecule has 4 heteroatoms. The van der Waals surface area contributed by atoms with Gasteiger partial charge in [0, 0.05) is 28.1 Å². The lowest BCUT2D eigenvalue weighted by Gasteiger charge is -2.16. The maximum atomic E-state index is 12.6. The van der Waals surface area contributed by atoms with E-state index in [1.807, 2.05) is 19.9 Å². The van der Waals surface area contributed by atoms with Crippen molar-refractivity contribution >= 4 is 17.1 Å². The van der Waals surface area contributed by atoms with E-state index in [4.69, 9.17) is 0 Å². The molecular formula is C16H13NO3. The number of aryl methyl sites for hydroxylation is 2. The fraction of sp³-hybridized carbons (Fsp3) is 0.125. The molecule has 0 spiro atoms. The lowest BCUT2D eigenvalue weighted by molar-refractivity contribution is 0.0999. The fourth-order valence-corrected chi connectivity index (χ4v) is 2.60. The minimum absolute atomic E-state index is 0.0910. The van der Waals surface area contributed by atoms with Gasteiger partial charge in [-0.25, -0.2) is 0 Å². The number of hydrogen-bond donors (Lipinski definition) is 2. The first-order valence-electron chi connectivity index (χ1n) is 6.28. The van der Waals surface area contributed by atoms with E-state index in [2.05, 4.69) is 4.98 Å². The molecule has 1 aliphatic carbocycles. The Morgan fingerprint density at radius 1 is 1.10 bits per heavy atom. The average molecular weight is 267 g/mol. The highest BCUT2D eigenvalue weighted by molar-refractivity contribution is 6.39. The second kappa shape index (κ2) is 4.20. The van der Waals surface area contributed by atoms with Crippen LogP contribution < -0.4 is 0 Å². The third-order valence-electron chi connectivity index (χ3n) is 3.49. The van der Waals surface area contributed by atoms with Crippen LogP contribution in [0.15, 0.2) is 30.3 Å². The third kappa shape index (κ3) is 1.69. The molecule has 1 aliphatic rings. The van der Waals surface area contributed by atoms with Crippen LogP contribution in [0.5, 0.6) is 5.75 Å². The Labute approximate surface area is 115 Å². The molecule has 4 nitrogen and oxygen atoms in total. The van der Waals surface area contributed by atoms with E-state index in [9.17, 15) is 14.7 Å². The molecule has 0 fully saturated rings. The highest BCUT2D eigenvalue weighted by Crippen LogP contribution is 2.34. The number of Topliss-reactive ketones (excluding diaryl/α,β-unsaturated/α-hetero) is 1. The first-order valence-corrected chi connectivity index (χ1v) is 6.28. The van der Waals surface area contributed by atoms with Gasteiger partial charge < -0.3 is 10.1 Å². The van der Waals surface area contributed by atoms with Gasteiger partial charge in [-0.1, -0.05) is 12.1 Å². The summed E-state index contributed by atoms with van der Waals surface area (Å²) in [6.45, 7) is 3.74. The molecule has 0 atom stereocenters. The maximum Gasteiger partial charge on any atom is 0.198 e. The number of phenols is 1. The van der Waals surface area contributed by atoms with Crippen LogP contribution in [0.1, 0.15) is 37.7 Å². The molecule has 2 aromatic rings. The van der Waals surface area contributed by atoms with Gasteiger partial charge in [0.2, 0.25) is 0 Å². The summed E-state index contributed by atoms with van der Waals surface area (Å²) in [6, 6.07) is 6.36. The van der Waals surface area contributed by atoms with Crippen molar-refractivity contribution in [2.24, 2.45) is 0 Å². The molecule has 3 rings (SSSR count). The Balaban J connectivity index is 2.22. The number of ketones is 2. The fourth-order valence-electron chi connectivity index (χ4n) is 2.60. The second-order valence-corrected chi connectivity index (χ2v) is 4.94. The van der Waals surface area contributed by atoms with Crippen LogP contribution in [0.3, 0.4) is 0 Å². The van der Waals surface area contributed by atoms with Gasteiger partial charge in [0.1, 0.15) is 5.75 Å². The molecule has 0 saturated carbocycles. The van der Waals surface area contributed by atoms with E-state index in [0.29, 0.717) is 11.1 Å². The molecule has 0 radical (unpaired) electrons. The minimum Gasteiger partial charge on any atom is -0.507 e. The van der Waals surface area contributed by atoms with E-state index >= 15 is 0 Å². The number of aromatic nitrogens is 1. The largest absolute Gasteiger partial charge is 0.507 e. The summed E-state index contributed by atoms with van der Waals surface area (Å²) < 4.78 is 0. The predicted octanol–water partition coefficient (Wildman–Crippen LogP) is 2.80. The molecule has 0 unspecified atom stereocenters. The Morgan fingerprint density at radius 3 is 2.50 bits per heavy atom. The number of H-pyrrole nitrogens is 1. The Kier molecular flexibility index (Phi) is 2.61. The standard InChI is InChI=1S/C16H13NO3/c1-8-6-11(9(2)17-8)12-7-14(19)10-4-3-5-13(18)15(10)16(12)20/h3-7,17-18H,1-2H3. The van der Waals surface area contributed by atoms with Gasteiger partial charge in [-0.2, -0.15) is 0 Å². The monoisotopic (exact) mass is 267 g/mol. The van der Waals surface area contributed by atoms with Crippen molar-refractivity contribution in [3.63, 3.8) is 0 Å². The zero-order valence-electron chi connectivity index (χ0n) is 11.2. The number of benzene rings is 1. The molecular weight excluding hydrogens is 254 g/mol. The highest BCUT2D eigenvalue weighted by Gasteiger charge is 2.29. The van der Waals surface area contributed by atoms with Gasteiger partial charge in [-0.15, -0.1) is 0 Å². The van der Waals surface area contributed by atoms with Crippen LogP contribution in [0.4, 0.5) is 0 Å². The molecule has 0 saturated heterocycles. The number of carbonyl (C=O) groups excluding carboxylic acids is 2. The summed E-state index contributed by atoms with van der Waals surface area (Å²) >= 11 is 0. The maximum absolute atomic E-state index is 12.6. The van der Waals surface area contributed by atoms with Crippen LogP contribution >= 0.6 is 0 Å². The van der Waals surface area contributed by atoms with Crippen molar-refractivity contribution in [3.05, 3.63) is 58.4 Å². The van der Waals surface area contributed by atoms with Crippen LogP contribution in [0.2, 0.25) is 0 Å². The number of phenolic OH excluding ortho intramolecular Hbond substituents is 1. The van der Waals surface area contributed by atoms with Crippen molar-refractivity contribution in [3.8, 4) is 5.75 Å². The Morgan fingerprint density at radius 2 is 1.85 bits per heavy atom. The number of nitrogens with one attached hydrogen (secondary N) is 1. The molecule has 100 valence electrons. The SMILES string of the molecule is Cc1cc(C2=CC(=O)c3cccc(O)c3C2=O)c(C)[nH]1. The Hall–Kier alpha value is -2.62. The highest BCUT2D eigenvalue weighted by atomic mass is 16.3. The first kappa shape index (κ1) is 12.4. The second-order valence-electron chi connectivity index (χ2n) is 4.94. The molecule has 1 aromatic carbocycles. The van der Waals surface area contributed by atoms with Gasteiger partial charge in [0.25, 0.3) is 0 Å². The topological polar surface area (TPSA) is 70.2 Å². The van der Waals surface area contributed by atoms with Crippen LogP contribution in [0.25, 0.3) is 5.57 Å². The number of hydrogen-bond acceptors (Lipinski definition) is 3.